The van der Waals surface area contributed by atoms with Gasteiger partial charge in [0.15, 0.2) is 0 Å². The van der Waals surface area contributed by atoms with E-state index in [-0.39, 0.29) is 16.4 Å². The number of halogens is 1. The number of rotatable bonds is 4. The van der Waals surface area contributed by atoms with Gasteiger partial charge < -0.3 is 10.5 Å². The average molecular weight is 296 g/mol. The van der Waals surface area contributed by atoms with Crippen LogP contribution in [0.25, 0.3) is 0 Å². The summed E-state index contributed by atoms with van der Waals surface area (Å²) in [5.41, 5.74) is 6.62. The molecule has 0 amide bonds. The fourth-order valence-electron chi connectivity index (χ4n) is 2.68. The Labute approximate surface area is 124 Å². The summed E-state index contributed by atoms with van der Waals surface area (Å²) in [5, 5.41) is 0. The molecule has 1 unspecified atom stereocenters. The predicted molar refractivity (Wildman–Crippen MR) is 82.2 cm³/mol. The van der Waals surface area contributed by atoms with Crippen molar-refractivity contribution in [3.05, 3.63) is 35.1 Å². The lowest BCUT2D eigenvalue weighted by atomic mass is 9.94. The van der Waals surface area contributed by atoms with E-state index < -0.39 is 0 Å². The van der Waals surface area contributed by atoms with Gasteiger partial charge in [-0.05, 0) is 32.4 Å². The molecular weight excluding hydrogens is 275 g/mol. The number of thiocarbonyl (C=S) groups is 1. The molecule has 1 saturated heterocycles. The van der Waals surface area contributed by atoms with Gasteiger partial charge in [0, 0.05) is 31.3 Å². The molecule has 0 spiro atoms. The SMILES string of the molecule is COC1(C)CCCN(Cc2ccc(C(N)=S)cc2F)C1. The predicted octanol–water partition coefficient (Wildman–Crippen LogP) is 2.46. The minimum absolute atomic E-state index is 0.131. The molecule has 1 aromatic rings. The van der Waals surface area contributed by atoms with Crippen molar-refractivity contribution in [2.24, 2.45) is 5.73 Å². The molecule has 1 aliphatic rings. The van der Waals surface area contributed by atoms with Gasteiger partial charge >= 0.3 is 0 Å². The molecule has 0 bridgehead atoms. The number of likely N-dealkylation sites (tertiary alicyclic amines) is 1. The largest absolute Gasteiger partial charge is 0.389 e. The van der Waals surface area contributed by atoms with Crippen molar-refractivity contribution < 1.29 is 9.13 Å². The van der Waals surface area contributed by atoms with Gasteiger partial charge in [0.1, 0.15) is 10.8 Å². The van der Waals surface area contributed by atoms with E-state index in [0.717, 1.165) is 25.9 Å². The molecule has 1 atom stereocenters. The summed E-state index contributed by atoms with van der Waals surface area (Å²) in [4.78, 5) is 2.45. The first-order chi connectivity index (χ1) is 9.43. The van der Waals surface area contributed by atoms with E-state index in [9.17, 15) is 4.39 Å². The second-order valence-electron chi connectivity index (χ2n) is 5.64. The Hall–Kier alpha value is -1.04. The van der Waals surface area contributed by atoms with E-state index in [0.29, 0.717) is 17.7 Å². The van der Waals surface area contributed by atoms with E-state index in [1.54, 1.807) is 19.2 Å². The molecule has 5 heteroatoms. The quantitative estimate of drug-likeness (QED) is 0.866. The van der Waals surface area contributed by atoms with E-state index >= 15 is 0 Å². The van der Waals surface area contributed by atoms with Crippen LogP contribution < -0.4 is 5.73 Å². The summed E-state index contributed by atoms with van der Waals surface area (Å²) in [6.07, 6.45) is 2.11. The molecule has 1 aliphatic heterocycles. The topological polar surface area (TPSA) is 38.5 Å². The fourth-order valence-corrected chi connectivity index (χ4v) is 2.81. The molecule has 110 valence electrons. The van der Waals surface area contributed by atoms with E-state index in [1.165, 1.54) is 6.07 Å². The van der Waals surface area contributed by atoms with Gasteiger partial charge in [0.2, 0.25) is 0 Å². The zero-order valence-electron chi connectivity index (χ0n) is 12.0. The molecule has 3 nitrogen and oxygen atoms in total. The van der Waals surface area contributed by atoms with Crippen molar-refractivity contribution >= 4 is 17.2 Å². The highest BCUT2D eigenvalue weighted by Crippen LogP contribution is 2.25. The highest BCUT2D eigenvalue weighted by atomic mass is 32.1. The number of hydrogen-bond donors (Lipinski definition) is 1. The first kappa shape index (κ1) is 15.4. The van der Waals surface area contributed by atoms with Crippen molar-refractivity contribution in [3.63, 3.8) is 0 Å². The molecule has 0 aliphatic carbocycles. The maximum atomic E-state index is 14.1. The fraction of sp³-hybridized carbons (Fsp3) is 0.533. The van der Waals surface area contributed by atoms with Crippen LogP contribution in [0.15, 0.2) is 18.2 Å². The molecule has 0 saturated carbocycles. The molecule has 2 rings (SSSR count). The third kappa shape index (κ3) is 3.53. The molecule has 1 aromatic carbocycles. The molecule has 2 N–H and O–H groups in total. The van der Waals surface area contributed by atoms with Crippen LogP contribution in [0.3, 0.4) is 0 Å². The minimum atomic E-state index is -0.250. The van der Waals surface area contributed by atoms with Crippen LogP contribution in [0, 0.1) is 5.82 Å². The Morgan fingerprint density at radius 1 is 1.55 bits per heavy atom. The number of ether oxygens (including phenoxy) is 1. The number of piperidine rings is 1. The number of methoxy groups -OCH3 is 1. The monoisotopic (exact) mass is 296 g/mol. The zero-order chi connectivity index (χ0) is 14.8. The summed E-state index contributed by atoms with van der Waals surface area (Å²) >= 11 is 4.86. The summed E-state index contributed by atoms with van der Waals surface area (Å²) in [5.74, 6) is -0.250. The normalized spacial score (nSPS) is 23.8. The maximum absolute atomic E-state index is 14.1. The number of nitrogens with zero attached hydrogens (tertiary/aromatic N) is 1. The number of nitrogens with two attached hydrogens (primary N) is 1. The second-order valence-corrected chi connectivity index (χ2v) is 6.08. The van der Waals surface area contributed by atoms with Gasteiger partial charge in [-0.1, -0.05) is 24.4 Å². The van der Waals surface area contributed by atoms with Crippen molar-refractivity contribution in [1.82, 2.24) is 4.90 Å². The molecule has 20 heavy (non-hydrogen) atoms. The molecule has 1 heterocycles. The third-order valence-corrected chi connectivity index (χ3v) is 4.20. The van der Waals surface area contributed by atoms with Crippen LogP contribution in [0.1, 0.15) is 30.9 Å². The third-order valence-electron chi connectivity index (χ3n) is 3.96. The van der Waals surface area contributed by atoms with Gasteiger partial charge in [-0.25, -0.2) is 4.39 Å². The molecule has 0 radical (unpaired) electrons. The van der Waals surface area contributed by atoms with Crippen molar-refractivity contribution in [3.8, 4) is 0 Å². The first-order valence-corrected chi connectivity index (χ1v) is 7.20. The van der Waals surface area contributed by atoms with Crippen LogP contribution >= 0.6 is 12.2 Å². The van der Waals surface area contributed by atoms with Crippen LogP contribution in [0.2, 0.25) is 0 Å². The lowest BCUT2D eigenvalue weighted by Crippen LogP contribution is -2.46. The standard InChI is InChI=1S/C15H21FN2OS/c1-15(19-2)6-3-7-18(10-15)9-12-5-4-11(14(17)20)8-13(12)16/h4-5,8H,3,6-7,9-10H2,1-2H3,(H2,17,20). The summed E-state index contributed by atoms with van der Waals surface area (Å²) in [6, 6.07) is 4.96. The van der Waals surface area contributed by atoms with Crippen LogP contribution in [-0.2, 0) is 11.3 Å². The summed E-state index contributed by atoms with van der Waals surface area (Å²) in [7, 11) is 1.74. The highest BCUT2D eigenvalue weighted by molar-refractivity contribution is 7.80. The average Bonchev–Trinajstić information content (AvgIpc) is 2.41. The maximum Gasteiger partial charge on any atom is 0.128 e. The Kier molecular flexibility index (Phi) is 4.73. The lowest BCUT2D eigenvalue weighted by Gasteiger charge is -2.39. The van der Waals surface area contributed by atoms with Gasteiger partial charge in [0.05, 0.1) is 5.60 Å². The Balaban J connectivity index is 2.08. The minimum Gasteiger partial charge on any atom is -0.389 e. The molecular formula is C15H21FN2OS. The van der Waals surface area contributed by atoms with Gasteiger partial charge in [-0.15, -0.1) is 0 Å². The molecule has 0 aromatic heterocycles. The lowest BCUT2D eigenvalue weighted by molar-refractivity contribution is -0.0528. The highest BCUT2D eigenvalue weighted by Gasteiger charge is 2.30. The number of hydrogen-bond acceptors (Lipinski definition) is 3. The smallest absolute Gasteiger partial charge is 0.128 e. The van der Waals surface area contributed by atoms with Crippen LogP contribution in [-0.4, -0.2) is 35.7 Å². The van der Waals surface area contributed by atoms with Crippen molar-refractivity contribution in [1.29, 1.82) is 0 Å². The van der Waals surface area contributed by atoms with E-state index in [4.69, 9.17) is 22.7 Å². The van der Waals surface area contributed by atoms with Crippen molar-refractivity contribution in [2.75, 3.05) is 20.2 Å². The Morgan fingerprint density at radius 2 is 2.30 bits per heavy atom. The Bertz CT molecular complexity index is 509. The summed E-state index contributed by atoms with van der Waals surface area (Å²) < 4.78 is 19.6. The Morgan fingerprint density at radius 3 is 2.90 bits per heavy atom. The van der Waals surface area contributed by atoms with Crippen LogP contribution in [0.4, 0.5) is 4.39 Å². The zero-order valence-corrected chi connectivity index (χ0v) is 12.8. The van der Waals surface area contributed by atoms with Crippen molar-refractivity contribution in [2.45, 2.75) is 31.9 Å². The van der Waals surface area contributed by atoms with Gasteiger partial charge in [-0.3, -0.25) is 4.90 Å². The van der Waals surface area contributed by atoms with E-state index in [2.05, 4.69) is 11.8 Å². The number of benzene rings is 1. The first-order valence-electron chi connectivity index (χ1n) is 6.79. The van der Waals surface area contributed by atoms with Gasteiger partial charge in [0.25, 0.3) is 0 Å². The summed E-state index contributed by atoms with van der Waals surface area (Å²) in [6.45, 7) is 4.48. The van der Waals surface area contributed by atoms with Crippen LogP contribution in [0.5, 0.6) is 0 Å². The molecule has 1 fully saturated rings. The van der Waals surface area contributed by atoms with Gasteiger partial charge in [-0.2, -0.15) is 0 Å². The van der Waals surface area contributed by atoms with E-state index in [1.807, 2.05) is 0 Å². The second kappa shape index (κ2) is 6.16.